The zero-order valence-corrected chi connectivity index (χ0v) is 27.3. The van der Waals surface area contributed by atoms with E-state index in [4.69, 9.17) is 4.74 Å². The van der Waals surface area contributed by atoms with Crippen LogP contribution in [0.15, 0.2) is 53.6 Å². The van der Waals surface area contributed by atoms with Gasteiger partial charge in [0.15, 0.2) is 0 Å². The number of anilines is 2. The van der Waals surface area contributed by atoms with E-state index in [1.807, 2.05) is 18.2 Å². The van der Waals surface area contributed by atoms with Crippen LogP contribution in [0, 0.1) is 5.82 Å². The molecule has 0 radical (unpaired) electrons. The van der Waals surface area contributed by atoms with Gasteiger partial charge < -0.3 is 24.0 Å². The summed E-state index contributed by atoms with van der Waals surface area (Å²) in [5, 5.41) is 3.07. The zero-order valence-electron chi connectivity index (χ0n) is 27.3. The highest BCUT2D eigenvalue weighted by molar-refractivity contribution is 6.05. The van der Waals surface area contributed by atoms with E-state index in [1.165, 1.54) is 33.7 Å². The molecule has 3 fully saturated rings. The van der Waals surface area contributed by atoms with Crippen molar-refractivity contribution in [1.29, 1.82) is 0 Å². The van der Waals surface area contributed by atoms with Crippen molar-refractivity contribution in [3.05, 3.63) is 81.7 Å². The molecule has 0 spiro atoms. The number of halogens is 3. The molecule has 6 heterocycles. The fraction of sp³-hybridized carbons (Fsp3) is 0.361. The Kier molecular flexibility index (Phi) is 7.39. The molecule has 4 aliphatic rings. The normalized spacial score (nSPS) is 21.5. The highest BCUT2D eigenvalue weighted by atomic mass is 19.3. The number of hydrogen-bond acceptors (Lipinski definition) is 8. The summed E-state index contributed by atoms with van der Waals surface area (Å²) in [6.45, 7) is 0.424. The first-order valence-electron chi connectivity index (χ1n) is 16.4. The molecule has 8 rings (SSSR count). The third kappa shape index (κ3) is 5.24. The van der Waals surface area contributed by atoms with Crippen molar-refractivity contribution in [1.82, 2.24) is 19.8 Å². The monoisotopic (exact) mass is 686 g/mol. The Hall–Kier alpha value is -5.40. The molecule has 14 heteroatoms. The molecule has 0 aliphatic carbocycles. The molecule has 50 heavy (non-hydrogen) atoms. The Morgan fingerprint density at radius 2 is 1.78 bits per heavy atom. The minimum Gasteiger partial charge on any atom is -0.496 e. The summed E-state index contributed by atoms with van der Waals surface area (Å²) >= 11 is 0. The fourth-order valence-corrected chi connectivity index (χ4v) is 7.71. The van der Waals surface area contributed by atoms with Crippen molar-refractivity contribution in [2.24, 2.45) is 7.05 Å². The van der Waals surface area contributed by atoms with E-state index in [2.05, 4.69) is 15.2 Å². The Morgan fingerprint density at radius 3 is 2.52 bits per heavy atom. The van der Waals surface area contributed by atoms with Gasteiger partial charge in [-0.25, -0.2) is 18.2 Å². The van der Waals surface area contributed by atoms with Crippen LogP contribution in [0.5, 0.6) is 5.75 Å². The third-order valence-electron chi connectivity index (χ3n) is 10.3. The molecule has 258 valence electrons. The van der Waals surface area contributed by atoms with E-state index in [0.29, 0.717) is 58.7 Å². The number of amides is 3. The molecule has 4 aromatic rings. The van der Waals surface area contributed by atoms with Crippen LogP contribution in [0.2, 0.25) is 0 Å². The number of pyridine rings is 2. The van der Waals surface area contributed by atoms with Gasteiger partial charge in [-0.2, -0.15) is 0 Å². The Balaban J connectivity index is 1.06. The number of fused-ring (bicyclic) bond motifs is 2. The first kappa shape index (κ1) is 31.8. The second-order valence-corrected chi connectivity index (χ2v) is 13.5. The van der Waals surface area contributed by atoms with E-state index < -0.39 is 36.8 Å². The highest BCUT2D eigenvalue weighted by Gasteiger charge is 2.44. The summed E-state index contributed by atoms with van der Waals surface area (Å²) in [6.07, 6.45) is 4.06. The number of nitrogens with zero attached hydrogens (tertiary/aromatic N) is 5. The van der Waals surface area contributed by atoms with Gasteiger partial charge in [-0.1, -0.05) is 6.07 Å². The second kappa shape index (κ2) is 11.6. The van der Waals surface area contributed by atoms with Crippen LogP contribution >= 0.6 is 0 Å². The molecule has 4 aliphatic heterocycles. The quantitative estimate of drug-likeness (QED) is 0.303. The Morgan fingerprint density at radius 1 is 0.980 bits per heavy atom. The number of piperidine rings is 1. The maximum absolute atomic E-state index is 16.2. The number of imide groups is 1. The van der Waals surface area contributed by atoms with E-state index in [0.717, 1.165) is 11.3 Å². The zero-order chi connectivity index (χ0) is 35.1. The van der Waals surface area contributed by atoms with Crippen molar-refractivity contribution in [3.8, 4) is 16.9 Å². The highest BCUT2D eigenvalue weighted by Crippen LogP contribution is 2.42. The van der Waals surface area contributed by atoms with E-state index in [1.54, 1.807) is 25.4 Å². The van der Waals surface area contributed by atoms with Crippen LogP contribution in [-0.2, 0) is 23.2 Å². The summed E-state index contributed by atoms with van der Waals surface area (Å²) in [5.41, 5.74) is 3.21. The average Bonchev–Trinajstić information content (AvgIpc) is 3.69. The lowest BCUT2D eigenvalue weighted by Crippen LogP contribution is -2.56. The molecule has 0 bridgehead atoms. The van der Waals surface area contributed by atoms with Crippen LogP contribution in [0.25, 0.3) is 21.9 Å². The van der Waals surface area contributed by atoms with Crippen LogP contribution in [0.4, 0.5) is 24.7 Å². The van der Waals surface area contributed by atoms with Gasteiger partial charge in [-0.3, -0.25) is 24.5 Å². The van der Waals surface area contributed by atoms with Crippen molar-refractivity contribution in [2.75, 3.05) is 43.1 Å². The first-order chi connectivity index (χ1) is 23.9. The predicted octanol–water partition coefficient (Wildman–Crippen LogP) is 3.96. The lowest BCUT2D eigenvalue weighted by Gasteiger charge is -2.39. The predicted molar refractivity (Wildman–Crippen MR) is 178 cm³/mol. The van der Waals surface area contributed by atoms with Gasteiger partial charge in [-0.05, 0) is 54.3 Å². The summed E-state index contributed by atoms with van der Waals surface area (Å²) in [7, 11) is 3.06. The van der Waals surface area contributed by atoms with Gasteiger partial charge in [0.05, 0.1) is 25.6 Å². The van der Waals surface area contributed by atoms with Gasteiger partial charge >= 0.3 is 0 Å². The van der Waals surface area contributed by atoms with Crippen LogP contribution in [0.3, 0.4) is 0 Å². The van der Waals surface area contributed by atoms with Crippen LogP contribution in [0.1, 0.15) is 46.7 Å². The molecule has 2 aromatic heterocycles. The number of alkyl halides is 2. The van der Waals surface area contributed by atoms with Crippen molar-refractivity contribution in [3.63, 3.8) is 0 Å². The van der Waals surface area contributed by atoms with Crippen molar-refractivity contribution < 1.29 is 32.3 Å². The topological polar surface area (TPSA) is 117 Å². The average molecular weight is 687 g/mol. The maximum atomic E-state index is 16.2. The molecular weight excluding hydrogens is 653 g/mol. The number of rotatable bonds is 6. The van der Waals surface area contributed by atoms with Gasteiger partial charge in [0.2, 0.25) is 11.8 Å². The lowest BCUT2D eigenvalue weighted by atomic mass is 9.92. The number of methoxy groups -OCH3 is 1. The molecule has 3 saturated heterocycles. The van der Waals surface area contributed by atoms with Gasteiger partial charge in [-0.15, -0.1) is 0 Å². The van der Waals surface area contributed by atoms with Crippen molar-refractivity contribution in [2.45, 2.75) is 43.7 Å². The standard InChI is InChI=1S/C36H33F3N6O5/c1-42-16-26(24-12-30(40-13-25(24)34(42)48)44-17-36(38,39)18-44)21-9-27(37)32(29(10-21)50-2)20-7-8-43(14-20)22-4-3-19-15-45(35(49)23(19)11-22)28-5-6-31(46)41-33(28)47/h3-4,9-13,16,20,28H,5-8,14-15,17-18H2,1-2H3,(H,41,46,47)/t20?,28-/m1/s1. The molecule has 3 amide bonds. The molecular formula is C36H33F3N6O5. The third-order valence-corrected chi connectivity index (χ3v) is 10.3. The van der Waals surface area contributed by atoms with E-state index in [-0.39, 0.29) is 48.1 Å². The van der Waals surface area contributed by atoms with Gasteiger partial charge in [0.25, 0.3) is 17.4 Å². The van der Waals surface area contributed by atoms with Crippen LogP contribution < -0.4 is 25.4 Å². The summed E-state index contributed by atoms with van der Waals surface area (Å²) < 4.78 is 50.6. The summed E-state index contributed by atoms with van der Waals surface area (Å²) in [4.78, 5) is 59.7. The number of aryl methyl sites for hydroxylation is 1. The van der Waals surface area contributed by atoms with E-state index >= 15 is 4.39 Å². The van der Waals surface area contributed by atoms with Gasteiger partial charge in [0, 0.05) is 79.2 Å². The number of benzene rings is 2. The number of carbonyl (C=O) groups is 3. The number of aromatic nitrogens is 2. The Labute approximate surface area is 284 Å². The SMILES string of the molecule is COc1cc(-c2cn(C)c(=O)c3cnc(N4CC(F)(F)C4)cc23)cc(F)c1C1CCN(c2ccc3c(c2)C(=O)N([C@@H]2CCC(=O)NC2=O)C3)C1. The molecule has 0 saturated carbocycles. The van der Waals surface area contributed by atoms with E-state index in [9.17, 15) is 28.0 Å². The minimum absolute atomic E-state index is 0.181. The second-order valence-electron chi connectivity index (χ2n) is 13.5. The molecule has 1 unspecified atom stereocenters. The summed E-state index contributed by atoms with van der Waals surface area (Å²) in [6, 6.07) is 9.66. The molecule has 2 atom stereocenters. The Bertz CT molecular complexity index is 2180. The molecule has 2 aromatic carbocycles. The number of carbonyl (C=O) groups excluding carboxylic acids is 3. The molecule has 1 N–H and O–H groups in total. The number of hydrogen-bond donors (Lipinski definition) is 1. The van der Waals surface area contributed by atoms with Crippen molar-refractivity contribution >= 4 is 40.0 Å². The summed E-state index contributed by atoms with van der Waals surface area (Å²) in [5.74, 6) is -3.91. The van der Waals surface area contributed by atoms with Crippen LogP contribution in [-0.4, -0.2) is 77.4 Å². The largest absolute Gasteiger partial charge is 0.496 e. The van der Waals surface area contributed by atoms with Gasteiger partial charge in [0.1, 0.15) is 23.4 Å². The maximum Gasteiger partial charge on any atom is 0.282 e. The lowest BCUT2D eigenvalue weighted by molar-refractivity contribution is -0.136. The molecule has 11 nitrogen and oxygen atoms in total. The fourth-order valence-electron chi connectivity index (χ4n) is 7.71. The minimum atomic E-state index is -2.80. The number of nitrogens with one attached hydrogen (secondary N) is 1. The smallest absolute Gasteiger partial charge is 0.282 e. The first-order valence-corrected chi connectivity index (χ1v) is 16.4. The number of ether oxygens (including phenoxy) is 1.